The molecular formula is C12H14N2O2S2. The Hall–Kier alpha value is -1.27. The molecule has 0 aliphatic heterocycles. The van der Waals surface area contributed by atoms with Gasteiger partial charge in [0.25, 0.3) is 5.91 Å². The first-order valence-corrected chi connectivity index (χ1v) is 7.19. The lowest BCUT2D eigenvalue weighted by Gasteiger charge is -2.11. The lowest BCUT2D eigenvalue weighted by Crippen LogP contribution is -2.13. The van der Waals surface area contributed by atoms with Gasteiger partial charge in [0.05, 0.1) is 9.09 Å². The lowest BCUT2D eigenvalue weighted by atomic mass is 9.92. The molecular weight excluding hydrogens is 268 g/mol. The van der Waals surface area contributed by atoms with Crippen LogP contribution in [0.25, 0.3) is 11.3 Å². The second-order valence-electron chi connectivity index (χ2n) is 3.83. The molecule has 18 heavy (non-hydrogen) atoms. The fourth-order valence-corrected chi connectivity index (χ4v) is 4.11. The largest absolute Gasteiger partial charge is 0.365 e. The van der Waals surface area contributed by atoms with Crippen LogP contribution < -0.4 is 5.73 Å². The Morgan fingerprint density at radius 3 is 3.00 bits per heavy atom. The molecule has 0 saturated heterocycles. The van der Waals surface area contributed by atoms with E-state index in [0.717, 1.165) is 39.4 Å². The van der Waals surface area contributed by atoms with E-state index in [4.69, 9.17) is 10.3 Å². The summed E-state index contributed by atoms with van der Waals surface area (Å²) >= 11 is 3.07. The van der Waals surface area contributed by atoms with Crippen LogP contribution in [-0.2, 0) is 12.8 Å². The van der Waals surface area contributed by atoms with Gasteiger partial charge in [-0.25, -0.2) is 0 Å². The molecule has 1 amide bonds. The summed E-state index contributed by atoms with van der Waals surface area (Å²) in [6, 6.07) is 0. The van der Waals surface area contributed by atoms with Crippen molar-refractivity contribution in [1.29, 1.82) is 0 Å². The second kappa shape index (κ2) is 4.78. The van der Waals surface area contributed by atoms with E-state index in [2.05, 4.69) is 5.16 Å². The molecule has 96 valence electrons. The first-order valence-electron chi connectivity index (χ1n) is 5.15. The van der Waals surface area contributed by atoms with Crippen molar-refractivity contribution in [1.82, 2.24) is 5.16 Å². The van der Waals surface area contributed by atoms with Gasteiger partial charge in [-0.1, -0.05) is 12.6 Å². The number of carbonyl (C=O) groups is 1. The third-order valence-electron chi connectivity index (χ3n) is 2.91. The topological polar surface area (TPSA) is 69.1 Å². The fraction of sp³-hybridized carbons (Fsp3) is 0.333. The number of primary amides is 1. The predicted molar refractivity (Wildman–Crippen MR) is 74.3 cm³/mol. The summed E-state index contributed by atoms with van der Waals surface area (Å²) in [6.45, 7) is 0. The van der Waals surface area contributed by atoms with Gasteiger partial charge in [0, 0.05) is 11.1 Å². The zero-order valence-corrected chi connectivity index (χ0v) is 10.8. The van der Waals surface area contributed by atoms with Crippen molar-refractivity contribution < 1.29 is 9.32 Å². The zero-order chi connectivity index (χ0) is 12.0. The molecule has 3 rings (SSSR count). The summed E-state index contributed by atoms with van der Waals surface area (Å²) in [4.78, 5) is 12.1. The molecule has 6 heteroatoms. The number of nitrogens with two attached hydrogens (primary N) is 1. The molecule has 0 radical (unpaired) electrons. The third kappa shape index (κ3) is 1.76. The van der Waals surface area contributed by atoms with Crippen LogP contribution in [0.15, 0.2) is 15.0 Å². The van der Waals surface area contributed by atoms with Gasteiger partial charge >= 0.3 is 0 Å². The molecule has 2 N–H and O–H groups in total. The number of thioether (sulfide) groups is 1. The smallest absolute Gasteiger partial charge is 0.259 e. The highest BCUT2D eigenvalue weighted by Crippen LogP contribution is 2.45. The van der Waals surface area contributed by atoms with Crippen molar-refractivity contribution in [3.05, 3.63) is 22.3 Å². The summed E-state index contributed by atoms with van der Waals surface area (Å²) in [5.41, 5.74) is 9.49. The average molecular weight is 282 g/mol. The Kier molecular flexibility index (Phi) is 3.49. The normalized spacial score (nSPS) is 12.5. The number of fused-ring (bicyclic) bond motifs is 3. The van der Waals surface area contributed by atoms with Crippen LogP contribution >= 0.6 is 23.1 Å². The van der Waals surface area contributed by atoms with Crippen LogP contribution in [0.4, 0.5) is 0 Å². The molecule has 2 heterocycles. The number of rotatable bonds is 2. The number of thiophene rings is 1. The van der Waals surface area contributed by atoms with Crippen molar-refractivity contribution in [3.8, 4) is 11.3 Å². The van der Waals surface area contributed by atoms with Crippen LogP contribution in [0.5, 0.6) is 0 Å². The summed E-state index contributed by atoms with van der Waals surface area (Å²) in [5, 5.41) is 4.05. The number of hydrogen-bond donors (Lipinski definition) is 1. The second-order valence-corrected chi connectivity index (χ2v) is 5.92. The molecule has 1 aliphatic carbocycles. The predicted octanol–water partition coefficient (Wildman–Crippen LogP) is 2.96. The minimum atomic E-state index is -0.349. The maximum Gasteiger partial charge on any atom is 0.259 e. The highest BCUT2D eigenvalue weighted by molar-refractivity contribution is 8.00. The van der Waals surface area contributed by atoms with Crippen molar-refractivity contribution in [2.24, 2.45) is 5.73 Å². The Morgan fingerprint density at radius 1 is 1.56 bits per heavy atom. The van der Waals surface area contributed by atoms with Crippen LogP contribution in [0.3, 0.4) is 0 Å². The van der Waals surface area contributed by atoms with Crippen molar-refractivity contribution >= 4 is 29.0 Å². The van der Waals surface area contributed by atoms with E-state index in [1.165, 1.54) is 11.3 Å². The summed E-state index contributed by atoms with van der Waals surface area (Å²) in [7, 11) is 0. The quantitative estimate of drug-likeness (QED) is 0.860. The minimum absolute atomic E-state index is 0. The summed E-state index contributed by atoms with van der Waals surface area (Å²) in [6.07, 6.45) is 5.37. The average Bonchev–Trinajstić information content (AvgIpc) is 2.91. The van der Waals surface area contributed by atoms with Crippen LogP contribution in [-0.4, -0.2) is 17.3 Å². The summed E-state index contributed by atoms with van der Waals surface area (Å²) < 4.78 is 6.11. The monoisotopic (exact) mass is 282 g/mol. The van der Waals surface area contributed by atoms with Crippen molar-refractivity contribution in [3.63, 3.8) is 0 Å². The highest BCUT2D eigenvalue weighted by atomic mass is 32.2. The third-order valence-corrected chi connectivity index (χ3v) is 5.27. The number of hydrogen-bond acceptors (Lipinski definition) is 5. The van der Waals surface area contributed by atoms with Gasteiger partial charge in [0.15, 0.2) is 0 Å². The Balaban J connectivity index is 0.00000120. The molecule has 0 aromatic carbocycles. The van der Waals surface area contributed by atoms with Gasteiger partial charge in [0.2, 0.25) is 0 Å². The maximum atomic E-state index is 11.4. The van der Waals surface area contributed by atoms with Crippen LogP contribution in [0, 0.1) is 0 Å². The number of amides is 1. The van der Waals surface area contributed by atoms with Gasteiger partial charge in [-0.3, -0.25) is 4.79 Å². The number of carbonyl (C=O) groups excluding carboxylic acids is 1. The van der Waals surface area contributed by atoms with Crippen molar-refractivity contribution in [2.45, 2.75) is 24.5 Å². The molecule has 4 nitrogen and oxygen atoms in total. The van der Waals surface area contributed by atoms with E-state index in [1.54, 1.807) is 18.0 Å². The van der Waals surface area contributed by atoms with Gasteiger partial charge in [-0.2, -0.15) is 0 Å². The number of aromatic nitrogens is 1. The van der Waals surface area contributed by atoms with E-state index in [9.17, 15) is 4.79 Å². The Bertz CT molecular complexity index is 601. The Labute approximate surface area is 114 Å². The first kappa shape index (κ1) is 13.2. The van der Waals surface area contributed by atoms with E-state index in [1.807, 2.05) is 6.26 Å². The van der Waals surface area contributed by atoms with Crippen LogP contribution in [0.2, 0.25) is 0 Å². The number of nitrogens with zero attached hydrogens (tertiary/aromatic N) is 1. The van der Waals surface area contributed by atoms with E-state index >= 15 is 0 Å². The molecule has 0 unspecified atom stereocenters. The minimum Gasteiger partial charge on any atom is -0.365 e. The maximum absolute atomic E-state index is 11.4. The molecule has 2 aromatic rings. The molecule has 0 saturated carbocycles. The molecule has 1 aliphatic rings. The van der Waals surface area contributed by atoms with E-state index < -0.39 is 0 Å². The standard InChI is InChI=1S/C11H10N2O2S2.CH4/c1-16-11-7-6(9(17-11)10(12)14)3-2-5-4-15-13-8(5)7;/h4H,2-3H2,1H3,(H2,12,14);1H4. The molecule has 2 aromatic heterocycles. The summed E-state index contributed by atoms with van der Waals surface area (Å²) in [5.74, 6) is -0.349. The molecule has 0 atom stereocenters. The SMILES string of the molecule is C.CSc1sc(C(N)=O)c2c1-c1nocc1CC2. The van der Waals surface area contributed by atoms with E-state index in [-0.39, 0.29) is 13.3 Å². The zero-order valence-electron chi connectivity index (χ0n) is 9.15. The fourth-order valence-electron chi connectivity index (χ4n) is 2.16. The molecule has 0 spiro atoms. The molecule has 0 bridgehead atoms. The van der Waals surface area contributed by atoms with Gasteiger partial charge in [0.1, 0.15) is 12.0 Å². The van der Waals surface area contributed by atoms with Crippen molar-refractivity contribution in [2.75, 3.05) is 6.26 Å². The molecule has 0 fully saturated rings. The van der Waals surface area contributed by atoms with Gasteiger partial charge < -0.3 is 10.3 Å². The van der Waals surface area contributed by atoms with Gasteiger partial charge in [-0.05, 0) is 24.7 Å². The lowest BCUT2D eigenvalue weighted by molar-refractivity contribution is 0.100. The number of aryl methyl sites for hydroxylation is 1. The van der Waals surface area contributed by atoms with Gasteiger partial charge in [-0.15, -0.1) is 23.1 Å². The van der Waals surface area contributed by atoms with E-state index in [0.29, 0.717) is 4.88 Å². The first-order chi connectivity index (χ1) is 8.22. The Morgan fingerprint density at radius 2 is 2.33 bits per heavy atom. The highest BCUT2D eigenvalue weighted by Gasteiger charge is 2.29. The van der Waals surface area contributed by atoms with Crippen LogP contribution in [0.1, 0.15) is 28.2 Å².